The number of hydrogen-bond donors (Lipinski definition) is 0. The Bertz CT molecular complexity index is 743. The van der Waals surface area contributed by atoms with Crippen molar-refractivity contribution in [2.75, 3.05) is 0 Å². The van der Waals surface area contributed by atoms with Gasteiger partial charge in [0.1, 0.15) is 0 Å². The van der Waals surface area contributed by atoms with Crippen LogP contribution in [0.15, 0.2) is 30.3 Å². The summed E-state index contributed by atoms with van der Waals surface area (Å²) < 4.78 is 0. The minimum atomic E-state index is 0.204. The Morgan fingerprint density at radius 2 is 1.46 bits per heavy atom. The number of fused-ring (bicyclic) bond motifs is 1. The van der Waals surface area contributed by atoms with Crippen LogP contribution in [0.4, 0.5) is 0 Å². The van der Waals surface area contributed by atoms with Gasteiger partial charge in [-0.2, -0.15) is 0 Å². The monoisotopic (exact) mass is 320 g/mol. The van der Waals surface area contributed by atoms with Crippen LogP contribution in [0.25, 0.3) is 0 Å². The van der Waals surface area contributed by atoms with Crippen LogP contribution in [-0.2, 0) is 12.8 Å². The lowest BCUT2D eigenvalue weighted by atomic mass is 9.70. The van der Waals surface area contributed by atoms with Crippen molar-refractivity contribution >= 4 is 0 Å². The Hall–Kier alpha value is -1.56. The lowest BCUT2D eigenvalue weighted by Crippen LogP contribution is -2.21. The highest BCUT2D eigenvalue weighted by Gasteiger charge is 2.30. The second-order valence-electron chi connectivity index (χ2n) is 8.76. The maximum absolute atomic E-state index is 2.51. The summed E-state index contributed by atoms with van der Waals surface area (Å²) in [6.07, 6.45) is 5.22. The average Bonchev–Trinajstić information content (AvgIpc) is 2.54. The van der Waals surface area contributed by atoms with E-state index in [1.807, 2.05) is 0 Å². The predicted molar refractivity (Wildman–Crippen MR) is 105 cm³/mol. The van der Waals surface area contributed by atoms with Gasteiger partial charge in [-0.15, -0.1) is 0 Å². The van der Waals surface area contributed by atoms with Crippen LogP contribution in [0.1, 0.15) is 78.5 Å². The maximum atomic E-state index is 2.51. The molecule has 0 fully saturated rings. The van der Waals surface area contributed by atoms with Crippen molar-refractivity contribution in [1.29, 1.82) is 0 Å². The highest BCUT2D eigenvalue weighted by atomic mass is 14.3. The van der Waals surface area contributed by atoms with Crippen LogP contribution in [-0.4, -0.2) is 0 Å². The fourth-order valence-corrected chi connectivity index (χ4v) is 4.37. The Labute approximate surface area is 148 Å². The molecule has 0 nitrogen and oxygen atoms in total. The summed E-state index contributed by atoms with van der Waals surface area (Å²) in [5.41, 5.74) is 10.7. The zero-order chi connectivity index (χ0) is 17.5. The first-order valence-corrected chi connectivity index (χ1v) is 9.47. The molecule has 0 bridgehead atoms. The molecule has 24 heavy (non-hydrogen) atoms. The fourth-order valence-electron chi connectivity index (χ4n) is 4.37. The average molecular weight is 321 g/mol. The van der Waals surface area contributed by atoms with E-state index in [1.54, 1.807) is 11.1 Å². The topological polar surface area (TPSA) is 0 Å². The van der Waals surface area contributed by atoms with Crippen molar-refractivity contribution in [3.8, 4) is 0 Å². The summed E-state index contributed by atoms with van der Waals surface area (Å²) in [5, 5.41) is 0. The van der Waals surface area contributed by atoms with Crippen LogP contribution in [0.2, 0.25) is 0 Å². The van der Waals surface area contributed by atoms with Gasteiger partial charge in [-0.3, -0.25) is 0 Å². The van der Waals surface area contributed by atoms with E-state index in [-0.39, 0.29) is 5.41 Å². The van der Waals surface area contributed by atoms with Crippen molar-refractivity contribution in [3.63, 3.8) is 0 Å². The molecule has 0 N–H and O–H groups in total. The molecule has 1 unspecified atom stereocenters. The summed E-state index contributed by atoms with van der Waals surface area (Å²) in [4.78, 5) is 0. The molecule has 2 aromatic carbocycles. The van der Waals surface area contributed by atoms with E-state index in [2.05, 4.69) is 71.9 Å². The molecule has 0 saturated heterocycles. The fraction of sp³-hybridized carbons (Fsp3) is 0.500. The van der Waals surface area contributed by atoms with Crippen LogP contribution >= 0.6 is 0 Å². The van der Waals surface area contributed by atoms with Crippen molar-refractivity contribution in [2.24, 2.45) is 5.41 Å². The van der Waals surface area contributed by atoms with Gasteiger partial charge in [-0.25, -0.2) is 0 Å². The minimum Gasteiger partial charge on any atom is -0.0593 e. The zero-order valence-electron chi connectivity index (χ0n) is 16.3. The first-order chi connectivity index (χ1) is 11.3. The standard InChI is InChI=1S/C24H32/c1-16-11-14-22(18(3)17(16)2)23(24(4,5)6)21-13-12-19-9-7-8-10-20(19)15-21/h11-15,23H,7-10H2,1-6H3. The van der Waals surface area contributed by atoms with E-state index in [4.69, 9.17) is 0 Å². The van der Waals surface area contributed by atoms with Gasteiger partial charge in [0.15, 0.2) is 0 Å². The van der Waals surface area contributed by atoms with Gasteiger partial charge in [-0.1, -0.05) is 51.1 Å². The van der Waals surface area contributed by atoms with Gasteiger partial charge in [0.25, 0.3) is 0 Å². The molecule has 0 amide bonds. The largest absolute Gasteiger partial charge is 0.0593 e. The molecule has 0 radical (unpaired) electrons. The molecule has 0 saturated carbocycles. The molecular weight excluding hydrogens is 288 g/mol. The van der Waals surface area contributed by atoms with Crippen molar-refractivity contribution in [3.05, 3.63) is 69.3 Å². The number of rotatable bonds is 2. The van der Waals surface area contributed by atoms with Gasteiger partial charge in [0, 0.05) is 5.92 Å². The minimum absolute atomic E-state index is 0.204. The van der Waals surface area contributed by atoms with Gasteiger partial charge in [-0.05, 0) is 90.8 Å². The van der Waals surface area contributed by atoms with Crippen molar-refractivity contribution in [2.45, 2.75) is 73.1 Å². The first-order valence-electron chi connectivity index (χ1n) is 9.47. The van der Waals surface area contributed by atoms with Crippen LogP contribution < -0.4 is 0 Å². The maximum Gasteiger partial charge on any atom is 0.0141 e. The molecule has 1 aliphatic rings. The Kier molecular flexibility index (Phi) is 4.60. The van der Waals surface area contributed by atoms with E-state index in [0.717, 1.165) is 0 Å². The summed E-state index contributed by atoms with van der Waals surface area (Å²) in [6.45, 7) is 13.9. The number of benzene rings is 2. The highest BCUT2D eigenvalue weighted by Crippen LogP contribution is 2.43. The second-order valence-corrected chi connectivity index (χ2v) is 8.76. The molecule has 0 aromatic heterocycles. The number of aryl methyl sites for hydroxylation is 3. The first kappa shape index (κ1) is 17.3. The summed E-state index contributed by atoms with van der Waals surface area (Å²) >= 11 is 0. The van der Waals surface area contributed by atoms with Crippen LogP contribution in [0.3, 0.4) is 0 Å². The predicted octanol–water partition coefficient (Wildman–Crippen LogP) is 6.67. The van der Waals surface area contributed by atoms with Crippen molar-refractivity contribution < 1.29 is 0 Å². The molecule has 0 aliphatic heterocycles. The summed E-state index contributed by atoms with van der Waals surface area (Å²) in [7, 11) is 0. The smallest absolute Gasteiger partial charge is 0.0141 e. The molecular formula is C24H32. The third-order valence-electron chi connectivity index (χ3n) is 5.98. The van der Waals surface area contributed by atoms with E-state index >= 15 is 0 Å². The van der Waals surface area contributed by atoms with Gasteiger partial charge in [0.05, 0.1) is 0 Å². The van der Waals surface area contributed by atoms with Gasteiger partial charge >= 0.3 is 0 Å². The molecule has 1 aliphatic carbocycles. The Morgan fingerprint density at radius 1 is 0.792 bits per heavy atom. The number of hydrogen-bond acceptors (Lipinski definition) is 0. The molecule has 0 heteroatoms. The summed E-state index contributed by atoms with van der Waals surface area (Å²) in [5.74, 6) is 0.448. The quantitative estimate of drug-likeness (QED) is 0.579. The second kappa shape index (κ2) is 6.39. The van der Waals surface area contributed by atoms with Crippen molar-refractivity contribution in [1.82, 2.24) is 0 Å². The van der Waals surface area contributed by atoms with Gasteiger partial charge < -0.3 is 0 Å². The van der Waals surface area contributed by atoms with E-state index in [9.17, 15) is 0 Å². The van der Waals surface area contributed by atoms with E-state index in [1.165, 1.54) is 53.5 Å². The van der Waals surface area contributed by atoms with E-state index in [0.29, 0.717) is 5.92 Å². The molecule has 1 atom stereocenters. The molecule has 0 heterocycles. The third kappa shape index (κ3) is 3.16. The molecule has 128 valence electrons. The van der Waals surface area contributed by atoms with Crippen LogP contribution in [0, 0.1) is 26.2 Å². The summed E-state index contributed by atoms with van der Waals surface area (Å²) in [6, 6.07) is 12.0. The normalized spacial score (nSPS) is 15.9. The van der Waals surface area contributed by atoms with Gasteiger partial charge in [0.2, 0.25) is 0 Å². The zero-order valence-corrected chi connectivity index (χ0v) is 16.3. The third-order valence-corrected chi connectivity index (χ3v) is 5.98. The lowest BCUT2D eigenvalue weighted by molar-refractivity contribution is 0.357. The Balaban J connectivity index is 2.13. The Morgan fingerprint density at radius 3 is 2.12 bits per heavy atom. The molecule has 3 rings (SSSR count). The van der Waals surface area contributed by atoms with E-state index < -0.39 is 0 Å². The molecule has 0 spiro atoms. The molecule has 2 aromatic rings. The highest BCUT2D eigenvalue weighted by molar-refractivity contribution is 5.47. The SMILES string of the molecule is Cc1ccc(C(c2ccc3c(c2)CCCC3)C(C)(C)C)c(C)c1C. The lowest BCUT2D eigenvalue weighted by Gasteiger charge is -2.34. The van der Waals surface area contributed by atoms with Crippen LogP contribution in [0.5, 0.6) is 0 Å².